The highest BCUT2D eigenvalue weighted by molar-refractivity contribution is 6.31. The van der Waals surface area contributed by atoms with Gasteiger partial charge in [-0.15, -0.1) is 0 Å². The molecule has 5 heteroatoms. The zero-order chi connectivity index (χ0) is 20.4. The molecular weight excluding hydrogens is 384 g/mol. The molecule has 2 aromatic carbocycles. The summed E-state index contributed by atoms with van der Waals surface area (Å²) in [5, 5.41) is 0.686. The highest BCUT2D eigenvalue weighted by Gasteiger charge is 2.40. The van der Waals surface area contributed by atoms with Crippen molar-refractivity contribution >= 4 is 29.1 Å². The summed E-state index contributed by atoms with van der Waals surface area (Å²) in [4.78, 5) is 29.6. The third-order valence-electron chi connectivity index (χ3n) is 6.25. The van der Waals surface area contributed by atoms with Crippen LogP contribution in [0.1, 0.15) is 30.4 Å². The molecule has 4 nitrogen and oxygen atoms in total. The van der Waals surface area contributed by atoms with Crippen molar-refractivity contribution in [3.8, 4) is 0 Å². The van der Waals surface area contributed by atoms with Crippen LogP contribution < -0.4 is 4.90 Å². The largest absolute Gasteiger partial charge is 0.342 e. The van der Waals surface area contributed by atoms with Crippen molar-refractivity contribution in [1.29, 1.82) is 0 Å². The van der Waals surface area contributed by atoms with Crippen molar-refractivity contribution in [1.82, 2.24) is 4.90 Å². The van der Waals surface area contributed by atoms with E-state index in [1.807, 2.05) is 36.1 Å². The summed E-state index contributed by atoms with van der Waals surface area (Å²) in [6, 6.07) is 16.1. The zero-order valence-electron chi connectivity index (χ0n) is 16.8. The molecule has 4 rings (SSSR count). The van der Waals surface area contributed by atoms with Gasteiger partial charge in [-0.05, 0) is 67.9 Å². The third-order valence-corrected chi connectivity index (χ3v) is 6.67. The van der Waals surface area contributed by atoms with Gasteiger partial charge in [-0.2, -0.15) is 0 Å². The molecule has 0 N–H and O–H groups in total. The summed E-state index contributed by atoms with van der Waals surface area (Å²) in [5.41, 5.74) is 3.12. The van der Waals surface area contributed by atoms with Gasteiger partial charge in [0.15, 0.2) is 0 Å². The number of carbonyl (C=O) groups is 2. The fourth-order valence-electron chi connectivity index (χ4n) is 4.49. The van der Waals surface area contributed by atoms with E-state index in [-0.39, 0.29) is 11.8 Å². The summed E-state index contributed by atoms with van der Waals surface area (Å²) in [6.07, 6.45) is 3.65. The number of rotatable bonds is 4. The molecule has 2 aromatic rings. The molecular formula is C24H27ClN2O2. The van der Waals surface area contributed by atoms with E-state index in [2.05, 4.69) is 24.3 Å². The van der Waals surface area contributed by atoms with E-state index < -0.39 is 5.92 Å². The van der Waals surface area contributed by atoms with Crippen LogP contribution >= 0.6 is 11.6 Å². The number of amides is 2. The Labute approximate surface area is 177 Å². The first kappa shape index (κ1) is 20.0. The van der Waals surface area contributed by atoms with Crippen LogP contribution in [0.5, 0.6) is 0 Å². The van der Waals surface area contributed by atoms with Crippen LogP contribution in [0.2, 0.25) is 5.02 Å². The highest BCUT2D eigenvalue weighted by Crippen LogP contribution is 2.30. The molecule has 2 aliphatic heterocycles. The summed E-state index contributed by atoms with van der Waals surface area (Å²) in [6.45, 7) is 4.01. The molecule has 152 valence electrons. The minimum Gasteiger partial charge on any atom is -0.342 e. The van der Waals surface area contributed by atoms with Crippen molar-refractivity contribution in [2.24, 2.45) is 11.8 Å². The number of likely N-dealkylation sites (tertiary alicyclic amines) is 1. The zero-order valence-corrected chi connectivity index (χ0v) is 17.6. The monoisotopic (exact) mass is 410 g/mol. The van der Waals surface area contributed by atoms with Crippen LogP contribution in [0.3, 0.4) is 0 Å². The Morgan fingerprint density at radius 1 is 1.03 bits per heavy atom. The molecule has 2 fully saturated rings. The number of hydrogen-bond acceptors (Lipinski definition) is 2. The third kappa shape index (κ3) is 4.32. The quantitative estimate of drug-likeness (QED) is 0.697. The number of nitrogens with zero attached hydrogens (tertiary/aromatic N) is 2. The van der Waals surface area contributed by atoms with Gasteiger partial charge in [0.1, 0.15) is 5.92 Å². The van der Waals surface area contributed by atoms with Crippen LogP contribution in [-0.4, -0.2) is 36.3 Å². The van der Waals surface area contributed by atoms with Gasteiger partial charge in [0.05, 0.1) is 0 Å². The van der Waals surface area contributed by atoms with Crippen molar-refractivity contribution in [2.45, 2.75) is 32.6 Å². The molecule has 0 aromatic heterocycles. The number of aryl methyl sites for hydroxylation is 1. The van der Waals surface area contributed by atoms with E-state index in [0.29, 0.717) is 23.9 Å². The Morgan fingerprint density at radius 3 is 2.45 bits per heavy atom. The van der Waals surface area contributed by atoms with Crippen LogP contribution in [0, 0.1) is 18.8 Å². The smallest absolute Gasteiger partial charge is 0.239 e. The Kier molecular flexibility index (Phi) is 5.91. The molecule has 29 heavy (non-hydrogen) atoms. The van der Waals surface area contributed by atoms with Crippen LogP contribution in [0.15, 0.2) is 48.5 Å². The van der Waals surface area contributed by atoms with Gasteiger partial charge in [0.2, 0.25) is 11.8 Å². The maximum absolute atomic E-state index is 13.0. The molecule has 0 saturated carbocycles. The highest BCUT2D eigenvalue weighted by atomic mass is 35.5. The van der Waals surface area contributed by atoms with Gasteiger partial charge in [0, 0.05) is 30.3 Å². The van der Waals surface area contributed by atoms with Gasteiger partial charge in [-0.3, -0.25) is 9.59 Å². The molecule has 2 aliphatic rings. The predicted octanol–water partition coefficient (Wildman–Crippen LogP) is 4.48. The maximum atomic E-state index is 13.0. The number of hydrogen-bond donors (Lipinski definition) is 0. The SMILES string of the molecule is Cc1cc(N2CC[C@@H](C(=O)N3CCC(Cc4ccccc4)CC3)C2=O)ccc1Cl. The standard InChI is InChI=1S/C24H27ClN2O2/c1-17-15-20(7-8-22(17)25)27-14-11-21(24(27)29)23(28)26-12-9-19(10-13-26)16-18-5-3-2-4-6-18/h2-8,15,19,21H,9-14,16H2,1H3/t21-/m0/s1. The minimum absolute atomic E-state index is 0.00125. The van der Waals surface area contributed by atoms with Crippen molar-refractivity contribution in [2.75, 3.05) is 24.5 Å². The number of halogens is 1. The lowest BCUT2D eigenvalue weighted by Crippen LogP contribution is -2.44. The molecule has 2 heterocycles. The topological polar surface area (TPSA) is 40.6 Å². The number of benzene rings is 2. The van der Waals surface area contributed by atoms with Crippen LogP contribution in [0.25, 0.3) is 0 Å². The number of anilines is 1. The van der Waals surface area contributed by atoms with E-state index >= 15 is 0 Å². The molecule has 0 bridgehead atoms. The second-order valence-electron chi connectivity index (χ2n) is 8.22. The molecule has 0 unspecified atom stereocenters. The van der Waals surface area contributed by atoms with Crippen LogP contribution in [0.4, 0.5) is 5.69 Å². The Bertz CT molecular complexity index is 891. The Hall–Kier alpha value is -2.33. The summed E-state index contributed by atoms with van der Waals surface area (Å²) in [7, 11) is 0. The average Bonchev–Trinajstić information content (AvgIpc) is 3.12. The molecule has 2 saturated heterocycles. The first-order valence-electron chi connectivity index (χ1n) is 10.4. The van der Waals surface area contributed by atoms with E-state index in [4.69, 9.17) is 11.6 Å². The second-order valence-corrected chi connectivity index (χ2v) is 8.63. The molecule has 0 radical (unpaired) electrons. The average molecular weight is 411 g/mol. The predicted molar refractivity (Wildman–Crippen MR) is 116 cm³/mol. The summed E-state index contributed by atoms with van der Waals surface area (Å²) >= 11 is 6.10. The fourth-order valence-corrected chi connectivity index (χ4v) is 4.61. The lowest BCUT2D eigenvalue weighted by atomic mass is 9.89. The lowest BCUT2D eigenvalue weighted by molar-refractivity contribution is -0.141. The Balaban J connectivity index is 1.34. The Morgan fingerprint density at radius 2 is 1.76 bits per heavy atom. The molecule has 1 atom stereocenters. The summed E-state index contributed by atoms with van der Waals surface area (Å²) < 4.78 is 0. The number of piperidine rings is 1. The fraction of sp³-hybridized carbons (Fsp3) is 0.417. The van der Waals surface area contributed by atoms with Crippen molar-refractivity contribution in [3.05, 3.63) is 64.7 Å². The lowest BCUT2D eigenvalue weighted by Gasteiger charge is -2.33. The van der Waals surface area contributed by atoms with Gasteiger partial charge < -0.3 is 9.80 Å². The first-order valence-corrected chi connectivity index (χ1v) is 10.8. The first-order chi connectivity index (χ1) is 14.0. The second kappa shape index (κ2) is 8.58. The van der Waals surface area contributed by atoms with E-state index in [1.54, 1.807) is 4.90 Å². The summed E-state index contributed by atoms with van der Waals surface area (Å²) in [5.74, 6) is -0.0181. The van der Waals surface area contributed by atoms with Crippen LogP contribution in [-0.2, 0) is 16.0 Å². The molecule has 0 aliphatic carbocycles. The van der Waals surface area contributed by atoms with Gasteiger partial charge in [-0.1, -0.05) is 41.9 Å². The normalized spacial score (nSPS) is 20.3. The van der Waals surface area contributed by atoms with E-state index in [9.17, 15) is 9.59 Å². The minimum atomic E-state index is -0.545. The van der Waals surface area contributed by atoms with Crippen molar-refractivity contribution < 1.29 is 9.59 Å². The van der Waals surface area contributed by atoms with Gasteiger partial charge in [0.25, 0.3) is 0 Å². The van der Waals surface area contributed by atoms with Gasteiger partial charge >= 0.3 is 0 Å². The van der Waals surface area contributed by atoms with Gasteiger partial charge in [-0.25, -0.2) is 0 Å². The van der Waals surface area contributed by atoms with Crippen molar-refractivity contribution in [3.63, 3.8) is 0 Å². The number of carbonyl (C=O) groups excluding carboxylic acids is 2. The molecule has 2 amide bonds. The van der Waals surface area contributed by atoms with E-state index in [1.165, 1.54) is 5.56 Å². The molecule has 0 spiro atoms. The van der Waals surface area contributed by atoms with E-state index in [0.717, 1.165) is 43.6 Å². The maximum Gasteiger partial charge on any atom is 0.239 e.